The number of amides is 1. The van der Waals surface area contributed by atoms with Gasteiger partial charge in [0.2, 0.25) is 5.91 Å². The number of carbonyl (C=O) groups excluding carboxylic acids is 1. The molecule has 3 rings (SSSR count). The lowest BCUT2D eigenvalue weighted by Crippen LogP contribution is -2.38. The van der Waals surface area contributed by atoms with Gasteiger partial charge in [-0.3, -0.25) is 9.00 Å². The van der Waals surface area contributed by atoms with Crippen molar-refractivity contribution in [3.63, 3.8) is 0 Å². The van der Waals surface area contributed by atoms with Crippen molar-refractivity contribution in [1.29, 1.82) is 0 Å². The Balaban J connectivity index is 1.71. The second-order valence-electron chi connectivity index (χ2n) is 5.41. The summed E-state index contributed by atoms with van der Waals surface area (Å²) >= 11 is 0. The van der Waals surface area contributed by atoms with Crippen molar-refractivity contribution in [3.8, 4) is 5.75 Å². The molecule has 0 aromatic heterocycles. The Morgan fingerprint density at radius 3 is 2.87 bits per heavy atom. The second kappa shape index (κ2) is 6.96. The van der Waals surface area contributed by atoms with Crippen LogP contribution in [0.2, 0.25) is 0 Å². The molecule has 0 saturated carbocycles. The Hall–Kier alpha value is -2.14. The van der Waals surface area contributed by atoms with Crippen LogP contribution in [-0.2, 0) is 22.0 Å². The van der Waals surface area contributed by atoms with Gasteiger partial charge in [0.05, 0.1) is 28.5 Å². The molecular formula is C18H19NO3S. The Morgan fingerprint density at radius 1 is 1.22 bits per heavy atom. The average Bonchev–Trinajstić information content (AvgIpc) is 2.60. The van der Waals surface area contributed by atoms with Crippen LogP contribution in [-0.4, -0.2) is 29.5 Å². The third kappa shape index (κ3) is 3.45. The lowest BCUT2D eigenvalue weighted by atomic mass is 10.1. The van der Waals surface area contributed by atoms with Crippen molar-refractivity contribution < 1.29 is 13.7 Å². The van der Waals surface area contributed by atoms with E-state index in [1.807, 2.05) is 48.5 Å². The quantitative estimate of drug-likeness (QED) is 0.866. The molecule has 0 aliphatic carbocycles. The van der Waals surface area contributed by atoms with Gasteiger partial charge in [-0.25, -0.2) is 0 Å². The molecule has 2 aromatic carbocycles. The van der Waals surface area contributed by atoms with Crippen LogP contribution in [0.5, 0.6) is 5.75 Å². The molecule has 120 valence electrons. The van der Waals surface area contributed by atoms with Crippen molar-refractivity contribution >= 4 is 22.4 Å². The van der Waals surface area contributed by atoms with Gasteiger partial charge < -0.3 is 9.64 Å². The number of hydrogen-bond donors (Lipinski definition) is 0. The largest absolute Gasteiger partial charge is 0.497 e. The van der Waals surface area contributed by atoms with Gasteiger partial charge in [-0.1, -0.05) is 24.3 Å². The van der Waals surface area contributed by atoms with Crippen LogP contribution in [0, 0.1) is 0 Å². The van der Waals surface area contributed by atoms with Gasteiger partial charge in [-0.15, -0.1) is 0 Å². The molecule has 1 amide bonds. The van der Waals surface area contributed by atoms with Crippen LogP contribution < -0.4 is 9.64 Å². The smallest absolute Gasteiger partial charge is 0.227 e. The summed E-state index contributed by atoms with van der Waals surface area (Å²) in [6.45, 7) is 0.514. The summed E-state index contributed by atoms with van der Waals surface area (Å²) in [5.74, 6) is 1.37. The minimum absolute atomic E-state index is 0.0666. The van der Waals surface area contributed by atoms with Gasteiger partial charge in [0.25, 0.3) is 0 Å². The third-order valence-electron chi connectivity index (χ3n) is 3.96. The molecule has 2 aromatic rings. The van der Waals surface area contributed by atoms with Gasteiger partial charge in [-0.2, -0.15) is 0 Å². The van der Waals surface area contributed by atoms with E-state index >= 15 is 0 Å². The minimum atomic E-state index is -1.01. The summed E-state index contributed by atoms with van der Waals surface area (Å²) in [4.78, 5) is 15.1. The van der Waals surface area contributed by atoms with Gasteiger partial charge >= 0.3 is 0 Å². The van der Waals surface area contributed by atoms with E-state index in [-0.39, 0.29) is 5.91 Å². The molecule has 0 saturated heterocycles. The van der Waals surface area contributed by atoms with Gasteiger partial charge in [-0.05, 0) is 36.2 Å². The monoisotopic (exact) mass is 329 g/mol. The number of ether oxygens (including phenoxy) is 1. The summed E-state index contributed by atoms with van der Waals surface area (Å²) in [6, 6.07) is 15.2. The highest BCUT2D eigenvalue weighted by atomic mass is 32.2. The van der Waals surface area contributed by atoms with Crippen molar-refractivity contribution in [2.24, 2.45) is 0 Å². The summed E-state index contributed by atoms with van der Waals surface area (Å²) in [6.07, 6.45) is 1.09. The second-order valence-corrected chi connectivity index (χ2v) is 6.95. The van der Waals surface area contributed by atoms with Crippen LogP contribution in [0.1, 0.15) is 12.0 Å². The standard InChI is InChI=1S/C18H19NO3S/c1-22-15-6-4-5-14(13-15)9-10-18(20)19-11-12-23(21)17-8-3-2-7-16(17)19/h2-8,13H,9-12H2,1H3. The van der Waals surface area contributed by atoms with E-state index in [4.69, 9.17) is 4.74 Å². The first kappa shape index (κ1) is 15.7. The summed E-state index contributed by atoms with van der Waals surface area (Å²) in [7, 11) is 0.627. The number of para-hydroxylation sites is 1. The highest BCUT2D eigenvalue weighted by Gasteiger charge is 2.25. The summed E-state index contributed by atoms with van der Waals surface area (Å²) in [5.41, 5.74) is 1.86. The summed E-state index contributed by atoms with van der Waals surface area (Å²) < 4.78 is 17.3. The molecule has 0 spiro atoms. The topological polar surface area (TPSA) is 46.6 Å². The molecule has 1 unspecified atom stereocenters. The number of fused-ring (bicyclic) bond motifs is 1. The lowest BCUT2D eigenvalue weighted by molar-refractivity contribution is -0.118. The maximum Gasteiger partial charge on any atom is 0.227 e. The molecule has 5 heteroatoms. The fraction of sp³-hybridized carbons (Fsp3) is 0.278. The van der Waals surface area contributed by atoms with Crippen LogP contribution in [0.3, 0.4) is 0 Å². The maximum absolute atomic E-state index is 12.6. The third-order valence-corrected chi connectivity index (χ3v) is 5.35. The molecule has 4 nitrogen and oxygen atoms in total. The van der Waals surface area contributed by atoms with Gasteiger partial charge in [0.15, 0.2) is 0 Å². The fourth-order valence-corrected chi connectivity index (χ4v) is 3.96. The van der Waals surface area contributed by atoms with E-state index < -0.39 is 10.8 Å². The Bertz CT molecular complexity index is 745. The van der Waals surface area contributed by atoms with E-state index in [0.717, 1.165) is 21.9 Å². The van der Waals surface area contributed by atoms with Crippen LogP contribution in [0.15, 0.2) is 53.4 Å². The molecule has 0 fully saturated rings. The number of aryl methyl sites for hydroxylation is 1. The van der Waals surface area contributed by atoms with Crippen molar-refractivity contribution in [2.75, 3.05) is 24.3 Å². The number of nitrogens with zero attached hydrogens (tertiary/aromatic N) is 1. The molecule has 0 bridgehead atoms. The summed E-state index contributed by atoms with van der Waals surface area (Å²) in [5, 5.41) is 0. The number of rotatable bonds is 4. The molecule has 1 aliphatic heterocycles. The molecule has 1 atom stereocenters. The zero-order valence-electron chi connectivity index (χ0n) is 13.0. The first-order valence-electron chi connectivity index (χ1n) is 7.60. The predicted octanol–water partition coefficient (Wildman–Crippen LogP) is 2.78. The van der Waals surface area contributed by atoms with E-state index in [0.29, 0.717) is 25.1 Å². The molecular weight excluding hydrogens is 310 g/mol. The van der Waals surface area contributed by atoms with Gasteiger partial charge in [0, 0.05) is 18.7 Å². The molecule has 0 N–H and O–H groups in total. The van der Waals surface area contributed by atoms with E-state index in [9.17, 15) is 9.00 Å². The number of anilines is 1. The first-order valence-corrected chi connectivity index (χ1v) is 8.91. The van der Waals surface area contributed by atoms with Crippen LogP contribution >= 0.6 is 0 Å². The van der Waals surface area contributed by atoms with E-state index in [1.165, 1.54) is 0 Å². The minimum Gasteiger partial charge on any atom is -0.497 e. The normalized spacial score (nSPS) is 16.7. The molecule has 23 heavy (non-hydrogen) atoms. The average molecular weight is 329 g/mol. The maximum atomic E-state index is 12.6. The van der Waals surface area contributed by atoms with Crippen molar-refractivity contribution in [1.82, 2.24) is 0 Å². The molecule has 0 radical (unpaired) electrons. The Labute approximate surface area is 138 Å². The first-order chi connectivity index (χ1) is 11.2. The number of carbonyl (C=O) groups is 1. The molecule has 1 aliphatic rings. The zero-order chi connectivity index (χ0) is 16.2. The number of hydrogen-bond acceptors (Lipinski definition) is 3. The lowest BCUT2D eigenvalue weighted by Gasteiger charge is -2.29. The number of methoxy groups -OCH3 is 1. The zero-order valence-corrected chi connectivity index (χ0v) is 13.8. The van der Waals surface area contributed by atoms with Gasteiger partial charge in [0.1, 0.15) is 5.75 Å². The molecule has 1 heterocycles. The fourth-order valence-electron chi connectivity index (χ4n) is 2.75. The van der Waals surface area contributed by atoms with Crippen molar-refractivity contribution in [2.45, 2.75) is 17.7 Å². The van der Waals surface area contributed by atoms with Crippen LogP contribution in [0.4, 0.5) is 5.69 Å². The Morgan fingerprint density at radius 2 is 2.04 bits per heavy atom. The van der Waals surface area contributed by atoms with Crippen LogP contribution in [0.25, 0.3) is 0 Å². The predicted molar refractivity (Wildman–Crippen MR) is 91.4 cm³/mol. The Kier molecular flexibility index (Phi) is 4.76. The van der Waals surface area contributed by atoms with E-state index in [1.54, 1.807) is 12.0 Å². The SMILES string of the molecule is COc1cccc(CCC(=O)N2CCS(=O)c3ccccc32)c1. The van der Waals surface area contributed by atoms with Crippen molar-refractivity contribution in [3.05, 3.63) is 54.1 Å². The highest BCUT2D eigenvalue weighted by Crippen LogP contribution is 2.28. The van der Waals surface area contributed by atoms with E-state index in [2.05, 4.69) is 0 Å². The number of benzene rings is 2. The highest BCUT2D eigenvalue weighted by molar-refractivity contribution is 7.85.